The molecule has 112 valence electrons. The first kappa shape index (κ1) is 16.2. The van der Waals surface area contributed by atoms with Crippen LogP contribution < -0.4 is 5.32 Å². The fourth-order valence-corrected chi connectivity index (χ4v) is 2.48. The number of nitrogens with one attached hydrogen (secondary N) is 1. The number of benzene rings is 2. The van der Waals surface area contributed by atoms with Crippen LogP contribution in [0.5, 0.6) is 0 Å². The molecule has 1 N–H and O–H groups in total. The summed E-state index contributed by atoms with van der Waals surface area (Å²) in [6.07, 6.45) is 0. The summed E-state index contributed by atoms with van der Waals surface area (Å²) in [5.41, 5.74) is 1.51. The maximum atomic E-state index is 13.2. The molecule has 2 unspecified atom stereocenters. The lowest BCUT2D eigenvalue weighted by molar-refractivity contribution is 0.487. The van der Waals surface area contributed by atoms with E-state index in [0.717, 1.165) is 11.6 Å². The molecule has 0 heterocycles. The summed E-state index contributed by atoms with van der Waals surface area (Å²) < 4.78 is 26.5. The Morgan fingerprint density at radius 3 is 1.95 bits per heavy atom. The van der Waals surface area contributed by atoms with Gasteiger partial charge in [-0.05, 0) is 49.2 Å². The molecule has 0 aliphatic carbocycles. The van der Waals surface area contributed by atoms with Crippen molar-refractivity contribution in [3.8, 4) is 0 Å². The van der Waals surface area contributed by atoms with E-state index in [0.29, 0.717) is 15.6 Å². The second-order valence-corrected chi connectivity index (χ2v) is 5.80. The van der Waals surface area contributed by atoms with Gasteiger partial charge >= 0.3 is 0 Å². The van der Waals surface area contributed by atoms with Crippen LogP contribution in [0.2, 0.25) is 10.0 Å². The topological polar surface area (TPSA) is 12.0 Å². The fraction of sp³-hybridized carbons (Fsp3) is 0.250. The van der Waals surface area contributed by atoms with Gasteiger partial charge in [0.2, 0.25) is 0 Å². The van der Waals surface area contributed by atoms with Gasteiger partial charge in [-0.2, -0.15) is 0 Å². The zero-order valence-electron chi connectivity index (χ0n) is 11.6. The third kappa shape index (κ3) is 4.16. The quantitative estimate of drug-likeness (QED) is 0.760. The first-order valence-electron chi connectivity index (χ1n) is 6.54. The van der Waals surface area contributed by atoms with Gasteiger partial charge in [-0.25, -0.2) is 8.78 Å². The third-order valence-corrected chi connectivity index (χ3v) is 4.07. The molecule has 21 heavy (non-hydrogen) atoms. The molecule has 0 radical (unpaired) electrons. The van der Waals surface area contributed by atoms with Crippen molar-refractivity contribution in [2.75, 3.05) is 0 Å². The number of rotatable bonds is 4. The van der Waals surface area contributed by atoms with Crippen molar-refractivity contribution in [3.05, 3.63) is 69.2 Å². The van der Waals surface area contributed by atoms with Gasteiger partial charge in [0.15, 0.2) is 0 Å². The molecule has 2 aromatic carbocycles. The van der Waals surface area contributed by atoms with Crippen molar-refractivity contribution in [1.82, 2.24) is 5.32 Å². The van der Waals surface area contributed by atoms with E-state index >= 15 is 0 Å². The van der Waals surface area contributed by atoms with Crippen LogP contribution in [-0.4, -0.2) is 0 Å². The molecule has 0 aromatic heterocycles. The van der Waals surface area contributed by atoms with Crippen LogP contribution in [0.1, 0.15) is 37.1 Å². The summed E-state index contributed by atoms with van der Waals surface area (Å²) in [5.74, 6) is -1.17. The molecule has 0 aliphatic rings. The van der Waals surface area contributed by atoms with E-state index < -0.39 is 11.6 Å². The van der Waals surface area contributed by atoms with E-state index in [4.69, 9.17) is 23.2 Å². The molecule has 0 saturated carbocycles. The Kier molecular flexibility index (Phi) is 5.20. The summed E-state index contributed by atoms with van der Waals surface area (Å²) in [4.78, 5) is 0. The number of hydrogen-bond donors (Lipinski definition) is 1. The maximum Gasteiger partial charge on any atom is 0.126 e. The molecule has 0 saturated heterocycles. The molecule has 0 bridgehead atoms. The predicted octanol–water partition coefficient (Wildman–Crippen LogP) is 5.68. The fourth-order valence-electron chi connectivity index (χ4n) is 2.17. The minimum atomic E-state index is -0.583. The Labute approximate surface area is 132 Å². The van der Waals surface area contributed by atoms with Gasteiger partial charge in [0.25, 0.3) is 0 Å². The average molecular weight is 330 g/mol. The summed E-state index contributed by atoms with van der Waals surface area (Å²) in [6, 6.07) is 8.62. The van der Waals surface area contributed by atoms with E-state index in [2.05, 4.69) is 5.32 Å². The van der Waals surface area contributed by atoms with Gasteiger partial charge in [0.05, 0.1) is 10.0 Å². The smallest absolute Gasteiger partial charge is 0.126 e. The molecule has 2 aromatic rings. The summed E-state index contributed by atoms with van der Waals surface area (Å²) >= 11 is 11.9. The van der Waals surface area contributed by atoms with Gasteiger partial charge in [0.1, 0.15) is 11.6 Å². The van der Waals surface area contributed by atoms with E-state index in [-0.39, 0.29) is 12.1 Å². The Bertz CT molecular complexity index is 626. The van der Waals surface area contributed by atoms with Crippen molar-refractivity contribution in [2.24, 2.45) is 0 Å². The van der Waals surface area contributed by atoms with Crippen LogP contribution in [0.4, 0.5) is 8.78 Å². The van der Waals surface area contributed by atoms with Crippen LogP contribution in [0.3, 0.4) is 0 Å². The minimum absolute atomic E-state index is 0.0407. The molecule has 1 nitrogen and oxygen atoms in total. The van der Waals surface area contributed by atoms with Crippen LogP contribution in [-0.2, 0) is 0 Å². The molecule has 0 spiro atoms. The Morgan fingerprint density at radius 1 is 0.810 bits per heavy atom. The first-order valence-corrected chi connectivity index (χ1v) is 7.29. The number of hydrogen-bond acceptors (Lipinski definition) is 1. The van der Waals surface area contributed by atoms with Crippen molar-refractivity contribution >= 4 is 23.2 Å². The molecule has 2 rings (SSSR count). The van der Waals surface area contributed by atoms with Gasteiger partial charge < -0.3 is 5.32 Å². The highest BCUT2D eigenvalue weighted by atomic mass is 35.5. The predicted molar refractivity (Wildman–Crippen MR) is 82.8 cm³/mol. The van der Waals surface area contributed by atoms with Gasteiger partial charge in [-0.1, -0.05) is 29.3 Å². The van der Waals surface area contributed by atoms with E-state index in [9.17, 15) is 8.78 Å². The highest BCUT2D eigenvalue weighted by Gasteiger charge is 2.14. The number of halogens is 4. The van der Waals surface area contributed by atoms with E-state index in [1.807, 2.05) is 19.9 Å². The standard InChI is InChI=1S/C16H15Cl2F2N/c1-9(11-3-4-15(17)16(18)7-11)21-10(2)12-5-13(19)8-14(20)6-12/h3-10,21H,1-2H3. The summed E-state index contributed by atoms with van der Waals surface area (Å²) in [5, 5.41) is 4.25. The highest BCUT2D eigenvalue weighted by Crippen LogP contribution is 2.27. The lowest BCUT2D eigenvalue weighted by atomic mass is 10.0. The van der Waals surface area contributed by atoms with Gasteiger partial charge in [0, 0.05) is 18.2 Å². The normalized spacial score (nSPS) is 14.0. The largest absolute Gasteiger partial charge is 0.304 e. The van der Waals surface area contributed by atoms with Crippen LogP contribution >= 0.6 is 23.2 Å². The van der Waals surface area contributed by atoms with Crippen molar-refractivity contribution in [1.29, 1.82) is 0 Å². The SMILES string of the molecule is CC(NC(C)c1ccc(Cl)c(Cl)c1)c1cc(F)cc(F)c1. The van der Waals surface area contributed by atoms with Crippen LogP contribution in [0.15, 0.2) is 36.4 Å². The zero-order valence-corrected chi connectivity index (χ0v) is 13.1. The Hall–Kier alpha value is -1.16. The van der Waals surface area contributed by atoms with Crippen molar-refractivity contribution in [3.63, 3.8) is 0 Å². The minimum Gasteiger partial charge on any atom is -0.304 e. The summed E-state index contributed by atoms with van der Waals surface area (Å²) in [7, 11) is 0. The molecular formula is C16H15Cl2F2N. The molecule has 0 aliphatic heterocycles. The van der Waals surface area contributed by atoms with E-state index in [1.54, 1.807) is 12.1 Å². The molecular weight excluding hydrogens is 315 g/mol. The van der Waals surface area contributed by atoms with Crippen molar-refractivity contribution < 1.29 is 8.78 Å². The van der Waals surface area contributed by atoms with Crippen LogP contribution in [0.25, 0.3) is 0 Å². The zero-order chi connectivity index (χ0) is 15.6. The monoisotopic (exact) mass is 329 g/mol. The summed E-state index contributed by atoms with van der Waals surface area (Å²) in [6.45, 7) is 3.80. The van der Waals surface area contributed by atoms with Gasteiger partial charge in [-0.3, -0.25) is 0 Å². The highest BCUT2D eigenvalue weighted by molar-refractivity contribution is 6.42. The second-order valence-electron chi connectivity index (χ2n) is 4.99. The maximum absolute atomic E-state index is 13.2. The molecule has 2 atom stereocenters. The lowest BCUT2D eigenvalue weighted by Gasteiger charge is -2.21. The first-order chi connectivity index (χ1) is 9.86. The average Bonchev–Trinajstić information content (AvgIpc) is 2.40. The van der Waals surface area contributed by atoms with Crippen molar-refractivity contribution in [2.45, 2.75) is 25.9 Å². The molecule has 5 heteroatoms. The Morgan fingerprint density at radius 2 is 1.38 bits per heavy atom. The molecule has 0 amide bonds. The Balaban J connectivity index is 2.14. The van der Waals surface area contributed by atoms with Crippen LogP contribution in [0, 0.1) is 11.6 Å². The van der Waals surface area contributed by atoms with E-state index in [1.165, 1.54) is 12.1 Å². The second kappa shape index (κ2) is 6.73. The third-order valence-electron chi connectivity index (χ3n) is 3.33. The van der Waals surface area contributed by atoms with Gasteiger partial charge in [-0.15, -0.1) is 0 Å². The molecule has 0 fully saturated rings. The lowest BCUT2D eigenvalue weighted by Crippen LogP contribution is -2.22.